The molecule has 0 unspecified atom stereocenters. The minimum atomic E-state index is -4.54. The van der Waals surface area contributed by atoms with Crippen molar-refractivity contribution in [3.05, 3.63) is 23.4 Å². The second-order valence-corrected chi connectivity index (χ2v) is 8.04. The summed E-state index contributed by atoms with van der Waals surface area (Å²) in [6.07, 6.45) is -3.88. The van der Waals surface area contributed by atoms with Crippen LogP contribution < -0.4 is 4.74 Å². The smallest absolute Gasteiger partial charge is 0.433 e. The molecule has 1 fully saturated rings. The average Bonchev–Trinajstić information content (AvgIpc) is 2.86. The van der Waals surface area contributed by atoms with E-state index in [-0.39, 0.29) is 11.3 Å². The quantitative estimate of drug-likeness (QED) is 0.792. The minimum Gasteiger partial charge on any atom is -0.481 e. The SMILES string of the molecule is COc1cc(C[C@@]2(C)CCN(C(=O)OC(C)(C)C)C2)cc(C(F)(F)F)n1. The van der Waals surface area contributed by atoms with Gasteiger partial charge in [-0.1, -0.05) is 6.92 Å². The van der Waals surface area contributed by atoms with E-state index in [0.29, 0.717) is 31.5 Å². The van der Waals surface area contributed by atoms with Crippen LogP contribution in [-0.4, -0.2) is 41.8 Å². The van der Waals surface area contributed by atoms with E-state index in [1.54, 1.807) is 25.7 Å². The molecule has 0 N–H and O–H groups in total. The van der Waals surface area contributed by atoms with Gasteiger partial charge >= 0.3 is 12.3 Å². The highest BCUT2D eigenvalue weighted by Gasteiger charge is 2.39. The van der Waals surface area contributed by atoms with Crippen molar-refractivity contribution in [2.75, 3.05) is 20.2 Å². The number of rotatable bonds is 3. The fourth-order valence-electron chi connectivity index (χ4n) is 3.05. The molecule has 0 radical (unpaired) electrons. The van der Waals surface area contributed by atoms with Crippen molar-refractivity contribution >= 4 is 6.09 Å². The molecule has 0 bridgehead atoms. The molecule has 1 saturated heterocycles. The fourth-order valence-corrected chi connectivity index (χ4v) is 3.05. The monoisotopic (exact) mass is 374 g/mol. The molecular formula is C18H25F3N2O3. The number of methoxy groups -OCH3 is 1. The van der Waals surface area contributed by atoms with Crippen molar-refractivity contribution < 1.29 is 27.4 Å². The van der Waals surface area contributed by atoms with Gasteiger partial charge in [-0.05, 0) is 50.7 Å². The predicted molar refractivity (Wildman–Crippen MR) is 90.0 cm³/mol. The first-order valence-electron chi connectivity index (χ1n) is 8.41. The number of likely N-dealkylation sites (tertiary alicyclic amines) is 1. The van der Waals surface area contributed by atoms with Gasteiger partial charge in [0.05, 0.1) is 7.11 Å². The van der Waals surface area contributed by atoms with Gasteiger partial charge in [0.2, 0.25) is 5.88 Å². The molecule has 2 heterocycles. The van der Waals surface area contributed by atoms with Crippen LogP contribution in [0, 0.1) is 5.41 Å². The number of hydrogen-bond acceptors (Lipinski definition) is 4. The Balaban J connectivity index is 2.14. The molecule has 1 aliphatic heterocycles. The number of aromatic nitrogens is 1. The molecule has 26 heavy (non-hydrogen) atoms. The first-order valence-corrected chi connectivity index (χ1v) is 8.41. The number of halogens is 3. The van der Waals surface area contributed by atoms with Gasteiger partial charge < -0.3 is 14.4 Å². The van der Waals surface area contributed by atoms with Crippen LogP contribution in [0.4, 0.5) is 18.0 Å². The molecule has 1 atom stereocenters. The molecule has 1 aliphatic rings. The van der Waals surface area contributed by atoms with Crippen LogP contribution >= 0.6 is 0 Å². The zero-order chi connectivity index (χ0) is 19.8. The Morgan fingerprint density at radius 3 is 2.50 bits per heavy atom. The summed E-state index contributed by atoms with van der Waals surface area (Å²) in [4.78, 5) is 17.3. The lowest BCUT2D eigenvalue weighted by atomic mass is 9.83. The third-order valence-electron chi connectivity index (χ3n) is 4.20. The third kappa shape index (κ3) is 5.25. The summed E-state index contributed by atoms with van der Waals surface area (Å²) in [5, 5.41) is 0. The van der Waals surface area contributed by atoms with E-state index in [1.165, 1.54) is 13.2 Å². The third-order valence-corrected chi connectivity index (χ3v) is 4.20. The first kappa shape index (κ1) is 20.3. The number of nitrogens with zero attached hydrogens (tertiary/aromatic N) is 2. The molecule has 1 amide bonds. The Hall–Kier alpha value is -1.99. The van der Waals surface area contributed by atoms with Gasteiger partial charge in [0.1, 0.15) is 11.3 Å². The van der Waals surface area contributed by atoms with Gasteiger partial charge in [-0.25, -0.2) is 9.78 Å². The summed E-state index contributed by atoms with van der Waals surface area (Å²) < 4.78 is 49.4. The summed E-state index contributed by atoms with van der Waals surface area (Å²) in [6, 6.07) is 2.56. The van der Waals surface area contributed by atoms with Crippen LogP contribution in [-0.2, 0) is 17.3 Å². The van der Waals surface area contributed by atoms with E-state index in [9.17, 15) is 18.0 Å². The van der Waals surface area contributed by atoms with Crippen LogP contribution in [0.25, 0.3) is 0 Å². The van der Waals surface area contributed by atoms with E-state index in [0.717, 1.165) is 6.07 Å². The summed E-state index contributed by atoms with van der Waals surface area (Å²) in [6.45, 7) is 8.28. The lowest BCUT2D eigenvalue weighted by Crippen LogP contribution is -2.36. The van der Waals surface area contributed by atoms with Crippen LogP contribution in [0.15, 0.2) is 12.1 Å². The average molecular weight is 374 g/mol. The Labute approximate surface area is 151 Å². The van der Waals surface area contributed by atoms with Crippen molar-refractivity contribution in [1.82, 2.24) is 9.88 Å². The Morgan fingerprint density at radius 1 is 1.31 bits per heavy atom. The van der Waals surface area contributed by atoms with Gasteiger partial charge in [0.25, 0.3) is 0 Å². The Morgan fingerprint density at radius 2 is 1.96 bits per heavy atom. The molecule has 8 heteroatoms. The van der Waals surface area contributed by atoms with Crippen molar-refractivity contribution in [3.8, 4) is 5.88 Å². The van der Waals surface area contributed by atoms with E-state index in [2.05, 4.69) is 4.98 Å². The summed E-state index contributed by atoms with van der Waals surface area (Å²) >= 11 is 0. The highest BCUT2D eigenvalue weighted by molar-refractivity contribution is 5.68. The number of pyridine rings is 1. The van der Waals surface area contributed by atoms with Crippen molar-refractivity contribution in [2.45, 2.75) is 52.3 Å². The van der Waals surface area contributed by atoms with E-state index >= 15 is 0 Å². The van der Waals surface area contributed by atoms with Crippen molar-refractivity contribution in [2.24, 2.45) is 5.41 Å². The van der Waals surface area contributed by atoms with Crippen LogP contribution in [0.2, 0.25) is 0 Å². The number of alkyl halides is 3. The molecule has 0 saturated carbocycles. The van der Waals surface area contributed by atoms with Crippen LogP contribution in [0.3, 0.4) is 0 Å². The first-order chi connectivity index (χ1) is 11.8. The maximum Gasteiger partial charge on any atom is 0.433 e. The molecule has 5 nitrogen and oxygen atoms in total. The summed E-state index contributed by atoms with van der Waals surface area (Å²) in [5.74, 6) is -0.0691. The van der Waals surface area contributed by atoms with Crippen molar-refractivity contribution in [1.29, 1.82) is 0 Å². The molecule has 146 valence electrons. The minimum absolute atomic E-state index is 0.0691. The fraction of sp³-hybridized carbons (Fsp3) is 0.667. The molecule has 2 rings (SSSR count). The molecule has 0 aromatic carbocycles. The Kier molecular flexibility index (Phi) is 5.44. The molecule has 0 spiro atoms. The Bertz CT molecular complexity index is 671. The van der Waals surface area contributed by atoms with E-state index in [1.807, 2.05) is 6.92 Å². The predicted octanol–water partition coefficient (Wildman–Crippen LogP) is 4.30. The lowest BCUT2D eigenvalue weighted by Gasteiger charge is -2.27. The zero-order valence-corrected chi connectivity index (χ0v) is 15.7. The molecular weight excluding hydrogens is 349 g/mol. The molecule has 0 aliphatic carbocycles. The number of amides is 1. The highest BCUT2D eigenvalue weighted by Crippen LogP contribution is 2.36. The normalized spacial score (nSPS) is 21.0. The van der Waals surface area contributed by atoms with Gasteiger partial charge in [-0.2, -0.15) is 13.2 Å². The van der Waals surface area contributed by atoms with E-state index < -0.39 is 23.6 Å². The van der Waals surface area contributed by atoms with Crippen LogP contribution in [0.1, 0.15) is 45.4 Å². The largest absolute Gasteiger partial charge is 0.481 e. The van der Waals surface area contributed by atoms with Crippen LogP contribution in [0.5, 0.6) is 5.88 Å². The summed E-state index contributed by atoms with van der Waals surface area (Å²) in [7, 11) is 1.29. The number of ether oxygens (including phenoxy) is 2. The maximum atomic E-state index is 13.0. The zero-order valence-electron chi connectivity index (χ0n) is 15.7. The maximum absolute atomic E-state index is 13.0. The van der Waals surface area contributed by atoms with Crippen molar-refractivity contribution in [3.63, 3.8) is 0 Å². The second-order valence-electron chi connectivity index (χ2n) is 8.04. The molecule has 1 aromatic rings. The topological polar surface area (TPSA) is 51.7 Å². The lowest BCUT2D eigenvalue weighted by molar-refractivity contribution is -0.141. The van der Waals surface area contributed by atoms with E-state index in [4.69, 9.17) is 9.47 Å². The van der Waals surface area contributed by atoms with Gasteiger partial charge in [0.15, 0.2) is 0 Å². The number of carbonyl (C=O) groups is 1. The standard InChI is InChI=1S/C18H25F3N2O3/c1-16(2,3)26-15(24)23-7-6-17(4,11-23)10-12-8-13(18(19,20)21)22-14(9-12)25-5/h8-9H,6-7,10-11H2,1-5H3/t17-/m1/s1. The highest BCUT2D eigenvalue weighted by atomic mass is 19.4. The second kappa shape index (κ2) is 6.96. The number of carbonyl (C=O) groups excluding carboxylic acids is 1. The van der Waals surface area contributed by atoms with Gasteiger partial charge in [-0.15, -0.1) is 0 Å². The van der Waals surface area contributed by atoms with Gasteiger partial charge in [-0.3, -0.25) is 0 Å². The summed E-state index contributed by atoms with van der Waals surface area (Å²) in [5.41, 5.74) is -1.42. The number of hydrogen-bond donors (Lipinski definition) is 0. The van der Waals surface area contributed by atoms with Gasteiger partial charge in [0, 0.05) is 19.2 Å². The molecule has 1 aromatic heterocycles.